The predicted octanol–water partition coefficient (Wildman–Crippen LogP) is 1.86. The standard InChI is InChI=1S/C14H20N2O2.ClH/c1-10-4-5-12(8-13(10)18-3)14(17)16-7-6-15-9-11(16)2;/h4-5,8,11,15H,6-7,9H2,1-3H3;1H. The fourth-order valence-electron chi connectivity index (χ4n) is 2.26. The van der Waals surface area contributed by atoms with Crippen LogP contribution in [0.15, 0.2) is 18.2 Å². The smallest absolute Gasteiger partial charge is 0.254 e. The Kier molecular flexibility index (Phi) is 5.63. The van der Waals surface area contributed by atoms with Gasteiger partial charge in [-0.05, 0) is 31.5 Å². The number of nitrogens with zero attached hydrogens (tertiary/aromatic N) is 1. The van der Waals surface area contributed by atoms with Gasteiger partial charge in [-0.15, -0.1) is 12.4 Å². The monoisotopic (exact) mass is 284 g/mol. The molecule has 19 heavy (non-hydrogen) atoms. The molecule has 1 saturated heterocycles. The van der Waals surface area contributed by atoms with Crippen LogP contribution in [0, 0.1) is 6.92 Å². The zero-order valence-electron chi connectivity index (χ0n) is 11.6. The third-order valence-electron chi connectivity index (χ3n) is 3.42. The Bertz CT molecular complexity index is 451. The van der Waals surface area contributed by atoms with Gasteiger partial charge in [0.1, 0.15) is 5.75 Å². The molecule has 1 N–H and O–H groups in total. The molecule has 1 aliphatic rings. The van der Waals surface area contributed by atoms with Crippen LogP contribution >= 0.6 is 12.4 Å². The molecule has 0 radical (unpaired) electrons. The molecule has 1 heterocycles. The first-order valence-electron chi connectivity index (χ1n) is 6.30. The molecule has 1 aliphatic heterocycles. The van der Waals surface area contributed by atoms with Gasteiger partial charge >= 0.3 is 0 Å². The number of ether oxygens (including phenoxy) is 1. The number of hydrogen-bond donors (Lipinski definition) is 1. The molecule has 1 unspecified atom stereocenters. The maximum atomic E-state index is 12.4. The SMILES string of the molecule is COc1cc(C(=O)N2CCNCC2C)ccc1C.Cl. The highest BCUT2D eigenvalue weighted by atomic mass is 35.5. The van der Waals surface area contributed by atoms with Gasteiger partial charge in [0.15, 0.2) is 0 Å². The molecule has 2 rings (SSSR count). The Labute approximate surface area is 120 Å². The van der Waals surface area contributed by atoms with E-state index in [1.165, 1.54) is 0 Å². The van der Waals surface area contributed by atoms with E-state index in [2.05, 4.69) is 12.2 Å². The van der Waals surface area contributed by atoms with Crippen LogP contribution in [0.25, 0.3) is 0 Å². The van der Waals surface area contributed by atoms with Crippen molar-refractivity contribution in [2.45, 2.75) is 19.9 Å². The van der Waals surface area contributed by atoms with Gasteiger partial charge in [0.2, 0.25) is 0 Å². The summed E-state index contributed by atoms with van der Waals surface area (Å²) in [4.78, 5) is 14.3. The Hall–Kier alpha value is -1.26. The molecule has 4 nitrogen and oxygen atoms in total. The topological polar surface area (TPSA) is 41.6 Å². The molecular formula is C14H21ClN2O2. The first-order chi connectivity index (χ1) is 8.63. The van der Waals surface area contributed by atoms with E-state index in [1.807, 2.05) is 30.0 Å². The van der Waals surface area contributed by atoms with Crippen LogP contribution in [-0.4, -0.2) is 43.6 Å². The molecule has 0 aromatic heterocycles. The van der Waals surface area contributed by atoms with E-state index in [4.69, 9.17) is 4.74 Å². The average Bonchev–Trinajstić information content (AvgIpc) is 2.39. The molecule has 5 heteroatoms. The number of carbonyl (C=O) groups is 1. The van der Waals surface area contributed by atoms with E-state index >= 15 is 0 Å². The highest BCUT2D eigenvalue weighted by Gasteiger charge is 2.24. The van der Waals surface area contributed by atoms with Crippen LogP contribution in [0.3, 0.4) is 0 Å². The van der Waals surface area contributed by atoms with E-state index in [9.17, 15) is 4.79 Å². The average molecular weight is 285 g/mol. The van der Waals surface area contributed by atoms with Gasteiger partial charge in [-0.1, -0.05) is 6.07 Å². The van der Waals surface area contributed by atoms with Crippen LogP contribution in [0.2, 0.25) is 0 Å². The summed E-state index contributed by atoms with van der Waals surface area (Å²) >= 11 is 0. The number of rotatable bonds is 2. The summed E-state index contributed by atoms with van der Waals surface area (Å²) in [6.07, 6.45) is 0. The number of methoxy groups -OCH3 is 1. The van der Waals surface area contributed by atoms with E-state index in [0.29, 0.717) is 5.56 Å². The van der Waals surface area contributed by atoms with Crippen LogP contribution in [0.4, 0.5) is 0 Å². The minimum absolute atomic E-state index is 0. The molecule has 1 fully saturated rings. The lowest BCUT2D eigenvalue weighted by Crippen LogP contribution is -2.52. The summed E-state index contributed by atoms with van der Waals surface area (Å²) in [7, 11) is 1.63. The zero-order valence-corrected chi connectivity index (χ0v) is 12.4. The molecule has 1 aromatic rings. The normalized spacial score (nSPS) is 18.7. The van der Waals surface area contributed by atoms with Crippen molar-refractivity contribution in [3.63, 3.8) is 0 Å². The summed E-state index contributed by atoms with van der Waals surface area (Å²) in [6, 6.07) is 5.86. The largest absolute Gasteiger partial charge is 0.496 e. The number of benzene rings is 1. The van der Waals surface area contributed by atoms with Crippen LogP contribution in [0.1, 0.15) is 22.8 Å². The maximum absolute atomic E-state index is 12.4. The molecule has 1 amide bonds. The van der Waals surface area contributed by atoms with Crippen molar-refractivity contribution >= 4 is 18.3 Å². The number of carbonyl (C=O) groups excluding carboxylic acids is 1. The van der Waals surface area contributed by atoms with Gasteiger partial charge in [-0.25, -0.2) is 0 Å². The van der Waals surface area contributed by atoms with Crippen molar-refractivity contribution in [2.75, 3.05) is 26.7 Å². The lowest BCUT2D eigenvalue weighted by atomic mass is 10.1. The number of halogens is 1. The van der Waals surface area contributed by atoms with E-state index in [1.54, 1.807) is 7.11 Å². The first-order valence-corrected chi connectivity index (χ1v) is 6.30. The molecule has 0 aliphatic carbocycles. The summed E-state index contributed by atoms with van der Waals surface area (Å²) in [5, 5.41) is 3.28. The second-order valence-corrected chi connectivity index (χ2v) is 4.74. The minimum atomic E-state index is 0. The summed E-state index contributed by atoms with van der Waals surface area (Å²) in [5.41, 5.74) is 1.74. The molecule has 0 saturated carbocycles. The number of hydrogen-bond acceptors (Lipinski definition) is 3. The lowest BCUT2D eigenvalue weighted by Gasteiger charge is -2.34. The zero-order chi connectivity index (χ0) is 13.1. The van der Waals surface area contributed by atoms with Gasteiger partial charge in [0.25, 0.3) is 5.91 Å². The lowest BCUT2D eigenvalue weighted by molar-refractivity contribution is 0.0655. The van der Waals surface area contributed by atoms with Crippen LogP contribution < -0.4 is 10.1 Å². The molecule has 0 bridgehead atoms. The fraction of sp³-hybridized carbons (Fsp3) is 0.500. The second-order valence-electron chi connectivity index (χ2n) is 4.74. The van der Waals surface area contributed by atoms with Crippen molar-refractivity contribution in [3.8, 4) is 5.75 Å². The third-order valence-corrected chi connectivity index (χ3v) is 3.42. The summed E-state index contributed by atoms with van der Waals surface area (Å²) in [5.74, 6) is 0.853. The van der Waals surface area contributed by atoms with Crippen LogP contribution in [0.5, 0.6) is 5.75 Å². The van der Waals surface area contributed by atoms with Gasteiger partial charge in [-0.3, -0.25) is 4.79 Å². The van der Waals surface area contributed by atoms with Crippen molar-refractivity contribution in [3.05, 3.63) is 29.3 Å². The van der Waals surface area contributed by atoms with E-state index < -0.39 is 0 Å². The molecule has 106 valence electrons. The van der Waals surface area contributed by atoms with E-state index in [-0.39, 0.29) is 24.4 Å². The Morgan fingerprint density at radius 3 is 2.84 bits per heavy atom. The number of nitrogens with one attached hydrogen (secondary N) is 1. The second kappa shape index (κ2) is 6.78. The third kappa shape index (κ3) is 3.39. The number of aryl methyl sites for hydroxylation is 1. The predicted molar refractivity (Wildman–Crippen MR) is 78.3 cm³/mol. The Morgan fingerprint density at radius 2 is 2.21 bits per heavy atom. The van der Waals surface area contributed by atoms with Gasteiger partial charge in [-0.2, -0.15) is 0 Å². The highest BCUT2D eigenvalue weighted by molar-refractivity contribution is 5.95. The number of piperazine rings is 1. The maximum Gasteiger partial charge on any atom is 0.254 e. The van der Waals surface area contributed by atoms with Crippen molar-refractivity contribution < 1.29 is 9.53 Å². The van der Waals surface area contributed by atoms with E-state index in [0.717, 1.165) is 30.9 Å². The first kappa shape index (κ1) is 15.8. The quantitative estimate of drug-likeness (QED) is 0.901. The fourth-order valence-corrected chi connectivity index (χ4v) is 2.26. The van der Waals surface area contributed by atoms with Crippen LogP contribution in [-0.2, 0) is 0 Å². The Balaban J connectivity index is 0.00000180. The van der Waals surface area contributed by atoms with Gasteiger partial charge < -0.3 is 15.0 Å². The van der Waals surface area contributed by atoms with Crippen molar-refractivity contribution in [1.29, 1.82) is 0 Å². The minimum Gasteiger partial charge on any atom is -0.496 e. The number of amides is 1. The molecule has 1 atom stereocenters. The van der Waals surface area contributed by atoms with Gasteiger partial charge in [0.05, 0.1) is 7.11 Å². The van der Waals surface area contributed by atoms with Gasteiger partial charge in [0, 0.05) is 31.2 Å². The highest BCUT2D eigenvalue weighted by Crippen LogP contribution is 2.20. The summed E-state index contributed by atoms with van der Waals surface area (Å²) < 4.78 is 5.27. The summed E-state index contributed by atoms with van der Waals surface area (Å²) in [6.45, 7) is 6.51. The Morgan fingerprint density at radius 1 is 1.47 bits per heavy atom. The molecule has 0 spiro atoms. The molecular weight excluding hydrogens is 264 g/mol. The van der Waals surface area contributed by atoms with Crippen molar-refractivity contribution in [1.82, 2.24) is 10.2 Å². The van der Waals surface area contributed by atoms with Crippen molar-refractivity contribution in [2.24, 2.45) is 0 Å². The molecule has 1 aromatic carbocycles.